The van der Waals surface area contributed by atoms with Gasteiger partial charge in [-0.25, -0.2) is 17.8 Å². The van der Waals surface area contributed by atoms with Crippen LogP contribution < -0.4 is 5.32 Å². The van der Waals surface area contributed by atoms with Gasteiger partial charge < -0.3 is 24.6 Å². The van der Waals surface area contributed by atoms with E-state index in [1.165, 1.54) is 0 Å². The summed E-state index contributed by atoms with van der Waals surface area (Å²) < 4.78 is 56.1. The third kappa shape index (κ3) is 10.1. The fraction of sp³-hybridized carbons (Fsp3) is 0.480. The van der Waals surface area contributed by atoms with Gasteiger partial charge in [-0.15, -0.1) is 0 Å². The number of rotatable bonds is 14. The van der Waals surface area contributed by atoms with Crippen LogP contribution in [0.1, 0.15) is 25.8 Å². The molecule has 3 atom stereocenters. The van der Waals surface area contributed by atoms with Crippen molar-refractivity contribution in [3.05, 3.63) is 70.3 Å². The average Bonchev–Trinajstić information content (AvgIpc) is 3.40. The lowest BCUT2D eigenvalue weighted by Crippen LogP contribution is -2.52. The first-order chi connectivity index (χ1) is 19.2. The zero-order chi connectivity index (χ0) is 30.2. The molecule has 3 N–H and O–H groups in total. The van der Waals surface area contributed by atoms with E-state index in [1.807, 2.05) is 0 Å². The number of alkyl carbamates (subject to hydrolysis) is 1. The van der Waals surface area contributed by atoms with Crippen LogP contribution in [0.2, 0.25) is 0 Å². The van der Waals surface area contributed by atoms with Crippen LogP contribution in [-0.4, -0.2) is 78.1 Å². The molecule has 1 fully saturated rings. The number of hydrogen-bond acceptors (Lipinski definition) is 9. The fourth-order valence-electron chi connectivity index (χ4n) is 4.26. The summed E-state index contributed by atoms with van der Waals surface area (Å²) in [6.45, 7) is 3.47. The molecule has 16 heteroatoms. The maximum atomic E-state index is 13.7. The highest BCUT2D eigenvalue weighted by Gasteiger charge is 2.37. The van der Waals surface area contributed by atoms with Gasteiger partial charge in [-0.1, -0.05) is 44.2 Å². The number of amides is 1. The number of phosphoric ester groups is 1. The lowest BCUT2D eigenvalue weighted by Gasteiger charge is -2.33. The maximum Gasteiger partial charge on any atom is 0.469 e. The van der Waals surface area contributed by atoms with E-state index in [0.717, 1.165) is 28.6 Å². The second kappa shape index (κ2) is 14.3. The van der Waals surface area contributed by atoms with E-state index in [4.69, 9.17) is 14.0 Å². The summed E-state index contributed by atoms with van der Waals surface area (Å²) in [5, 5.41) is 13.6. The molecule has 2 aromatic rings. The fourth-order valence-corrected chi connectivity index (χ4v) is 6.45. The maximum absolute atomic E-state index is 13.7. The van der Waals surface area contributed by atoms with Crippen molar-refractivity contribution in [3.63, 3.8) is 0 Å². The quantitative estimate of drug-likeness (QED) is 0.161. The molecule has 1 heterocycles. The van der Waals surface area contributed by atoms with Gasteiger partial charge in [-0.2, -0.15) is 4.31 Å². The van der Waals surface area contributed by atoms with Gasteiger partial charge in [-0.3, -0.25) is 14.6 Å². The number of phosphoric acid groups is 1. The van der Waals surface area contributed by atoms with Crippen molar-refractivity contribution in [3.8, 4) is 0 Å². The van der Waals surface area contributed by atoms with Gasteiger partial charge in [-0.05, 0) is 30.0 Å². The highest BCUT2D eigenvalue weighted by molar-refractivity contribution is 7.89. The summed E-state index contributed by atoms with van der Waals surface area (Å²) in [6, 6.07) is 11.8. The molecule has 0 aromatic heterocycles. The number of nitro groups is 1. The van der Waals surface area contributed by atoms with Crippen LogP contribution in [-0.2, 0) is 35.0 Å². The third-order valence-corrected chi connectivity index (χ3v) is 8.51. The number of nitrogens with zero attached hydrogens (tertiary/aromatic N) is 2. The standard InChI is InChI=1S/C25H34N3O11PS/c1-18(2)15-27(41(35,36)22-10-8-20(9-11-22)28(30)31)16-24(39-40(32,33)34)23(14-19-6-4-3-5-7-19)26-25(29)38-21-12-13-37-17-21/h3-11,18,21,23-24H,12-17H2,1-2H3,(H,26,29)(H2,32,33,34)/t21-,23-,24+/m0/s1. The molecule has 1 amide bonds. The number of carbonyl (C=O) groups excluding carboxylic acids is 1. The monoisotopic (exact) mass is 615 g/mol. The van der Waals surface area contributed by atoms with Gasteiger partial charge in [0, 0.05) is 31.6 Å². The van der Waals surface area contributed by atoms with Gasteiger partial charge in [0.2, 0.25) is 10.0 Å². The highest BCUT2D eigenvalue weighted by Crippen LogP contribution is 2.39. The summed E-state index contributed by atoms with van der Waals surface area (Å²) in [7, 11) is -9.52. The molecule has 2 aromatic carbocycles. The zero-order valence-corrected chi connectivity index (χ0v) is 24.3. The van der Waals surface area contributed by atoms with Crippen molar-refractivity contribution < 1.29 is 46.5 Å². The molecule has 0 unspecified atom stereocenters. The van der Waals surface area contributed by atoms with E-state index < -0.39 is 53.7 Å². The summed E-state index contributed by atoms with van der Waals surface area (Å²) >= 11 is 0. The largest absolute Gasteiger partial charge is 0.469 e. The molecule has 0 spiro atoms. The summed E-state index contributed by atoms with van der Waals surface area (Å²) in [5.41, 5.74) is 0.371. The Morgan fingerprint density at radius 2 is 1.83 bits per heavy atom. The van der Waals surface area contributed by atoms with Crippen molar-refractivity contribution in [2.24, 2.45) is 5.92 Å². The number of carbonyl (C=O) groups is 1. The minimum absolute atomic E-state index is 0.0227. The predicted octanol–water partition coefficient (Wildman–Crippen LogP) is 2.85. The molecule has 0 bridgehead atoms. The summed E-state index contributed by atoms with van der Waals surface area (Å²) in [5.74, 6) is -0.230. The van der Waals surface area contributed by atoms with Gasteiger partial charge in [0.25, 0.3) is 5.69 Å². The van der Waals surface area contributed by atoms with Crippen LogP contribution in [0, 0.1) is 16.0 Å². The van der Waals surface area contributed by atoms with Crippen LogP contribution in [0.15, 0.2) is 59.5 Å². The number of nitro benzene ring substituents is 1. The van der Waals surface area contributed by atoms with Crippen molar-refractivity contribution in [2.45, 2.75) is 49.8 Å². The van der Waals surface area contributed by atoms with E-state index >= 15 is 0 Å². The van der Waals surface area contributed by atoms with Crippen molar-refractivity contribution in [1.29, 1.82) is 0 Å². The normalized spacial score (nSPS) is 17.4. The summed E-state index contributed by atoms with van der Waals surface area (Å²) in [4.78, 5) is 42.5. The first kappa shape index (κ1) is 32.6. The Balaban J connectivity index is 1.97. The number of hydrogen-bond donors (Lipinski definition) is 3. The number of non-ortho nitro benzene ring substituents is 1. The van der Waals surface area contributed by atoms with E-state index in [-0.39, 0.29) is 36.1 Å². The number of sulfonamides is 1. The Morgan fingerprint density at radius 1 is 1.17 bits per heavy atom. The topological polar surface area (TPSA) is 195 Å². The van der Waals surface area contributed by atoms with Crippen LogP contribution >= 0.6 is 7.82 Å². The van der Waals surface area contributed by atoms with Crippen LogP contribution in [0.5, 0.6) is 0 Å². The van der Waals surface area contributed by atoms with E-state index in [9.17, 15) is 37.7 Å². The third-order valence-electron chi connectivity index (χ3n) is 6.12. The SMILES string of the molecule is CC(C)CN(C[C@@H](OP(=O)(O)O)[C@H](Cc1ccccc1)NC(=O)O[C@H]1CCOC1)S(=O)(=O)c1ccc([N+](=O)[O-])cc1. The molecule has 3 rings (SSSR count). The molecule has 0 aliphatic carbocycles. The van der Waals surface area contributed by atoms with Gasteiger partial charge in [0.1, 0.15) is 12.2 Å². The van der Waals surface area contributed by atoms with Crippen molar-refractivity contribution >= 4 is 29.6 Å². The Kier molecular flexibility index (Phi) is 11.4. The second-order valence-electron chi connectivity index (χ2n) is 9.93. The number of nitrogens with one attached hydrogen (secondary N) is 1. The predicted molar refractivity (Wildman–Crippen MR) is 146 cm³/mol. The molecule has 0 saturated carbocycles. The first-order valence-corrected chi connectivity index (χ1v) is 15.8. The van der Waals surface area contributed by atoms with Gasteiger partial charge in [0.05, 0.1) is 29.1 Å². The summed E-state index contributed by atoms with van der Waals surface area (Å²) in [6.07, 6.45) is -2.41. The minimum Gasteiger partial charge on any atom is -0.444 e. The van der Waals surface area contributed by atoms with Crippen LogP contribution in [0.4, 0.5) is 10.5 Å². The van der Waals surface area contributed by atoms with E-state index in [1.54, 1.807) is 44.2 Å². The van der Waals surface area contributed by atoms with Crippen LogP contribution in [0.3, 0.4) is 0 Å². The average molecular weight is 616 g/mol. The molecule has 226 valence electrons. The Morgan fingerprint density at radius 3 is 2.37 bits per heavy atom. The Bertz CT molecular complexity index is 1310. The van der Waals surface area contributed by atoms with Crippen molar-refractivity contribution in [2.75, 3.05) is 26.3 Å². The zero-order valence-electron chi connectivity index (χ0n) is 22.6. The van der Waals surface area contributed by atoms with E-state index in [0.29, 0.717) is 18.6 Å². The molecule has 14 nitrogen and oxygen atoms in total. The van der Waals surface area contributed by atoms with Gasteiger partial charge in [0.15, 0.2) is 0 Å². The molecular weight excluding hydrogens is 581 g/mol. The lowest BCUT2D eigenvalue weighted by molar-refractivity contribution is -0.384. The van der Waals surface area contributed by atoms with Crippen molar-refractivity contribution in [1.82, 2.24) is 9.62 Å². The second-order valence-corrected chi connectivity index (χ2v) is 13.1. The lowest BCUT2D eigenvalue weighted by atomic mass is 10.0. The Labute approximate surface area is 238 Å². The molecule has 0 radical (unpaired) electrons. The van der Waals surface area contributed by atoms with Crippen LogP contribution in [0.25, 0.3) is 0 Å². The van der Waals surface area contributed by atoms with E-state index in [2.05, 4.69) is 5.32 Å². The highest BCUT2D eigenvalue weighted by atomic mass is 32.2. The molecule has 1 aliphatic heterocycles. The number of ether oxygens (including phenoxy) is 2. The number of benzene rings is 2. The van der Waals surface area contributed by atoms with Gasteiger partial charge >= 0.3 is 13.9 Å². The minimum atomic E-state index is -5.19. The smallest absolute Gasteiger partial charge is 0.444 e. The molecule has 41 heavy (non-hydrogen) atoms. The Hall–Kier alpha value is -2.91. The molecule has 1 saturated heterocycles. The first-order valence-electron chi connectivity index (χ1n) is 12.8. The molecular formula is C25H34N3O11PS. The molecule has 1 aliphatic rings.